The first-order chi connectivity index (χ1) is 6.20. The lowest BCUT2D eigenvalue weighted by Crippen LogP contribution is -2.11. The van der Waals surface area contributed by atoms with Crippen molar-refractivity contribution < 1.29 is 9.53 Å². The lowest BCUT2D eigenvalue weighted by molar-refractivity contribution is 0.0600. The third kappa shape index (κ3) is 1.78. The van der Waals surface area contributed by atoms with E-state index in [-0.39, 0.29) is 6.54 Å². The molecule has 13 heavy (non-hydrogen) atoms. The quantitative estimate of drug-likeness (QED) is 0.513. The Morgan fingerprint density at radius 3 is 2.77 bits per heavy atom. The van der Waals surface area contributed by atoms with Crippen LogP contribution in [0.4, 0.5) is 5.69 Å². The number of hydrogen-bond donors (Lipinski definition) is 2. The molecule has 4 nitrogen and oxygen atoms in total. The maximum Gasteiger partial charge on any atom is 0.340 e. The first-order valence-electron chi connectivity index (χ1n) is 3.86. The summed E-state index contributed by atoms with van der Waals surface area (Å²) in [4.78, 5) is 11.3. The van der Waals surface area contributed by atoms with E-state index in [2.05, 4.69) is 4.74 Å². The third-order valence-corrected chi connectivity index (χ3v) is 1.79. The van der Waals surface area contributed by atoms with Crippen molar-refractivity contribution in [2.75, 3.05) is 12.8 Å². The van der Waals surface area contributed by atoms with E-state index in [1.807, 2.05) is 0 Å². The van der Waals surface area contributed by atoms with E-state index in [0.29, 0.717) is 16.8 Å². The molecule has 0 atom stereocenters. The van der Waals surface area contributed by atoms with Gasteiger partial charge in [0.05, 0.1) is 12.7 Å². The molecule has 0 aliphatic heterocycles. The number of nitrogen functional groups attached to an aromatic ring is 1. The van der Waals surface area contributed by atoms with E-state index in [1.165, 1.54) is 7.11 Å². The van der Waals surface area contributed by atoms with Crippen molar-refractivity contribution in [1.82, 2.24) is 0 Å². The Morgan fingerprint density at radius 1 is 1.54 bits per heavy atom. The lowest BCUT2D eigenvalue weighted by atomic mass is 10.1. The van der Waals surface area contributed by atoms with Gasteiger partial charge in [-0.2, -0.15) is 0 Å². The van der Waals surface area contributed by atoms with Crippen LogP contribution in [-0.2, 0) is 11.3 Å². The summed E-state index contributed by atoms with van der Waals surface area (Å²) in [5.41, 5.74) is 12.5. The Bertz CT molecular complexity index is 323. The van der Waals surface area contributed by atoms with Crippen LogP contribution in [-0.4, -0.2) is 13.1 Å². The van der Waals surface area contributed by atoms with Gasteiger partial charge in [-0.05, 0) is 11.6 Å². The smallest absolute Gasteiger partial charge is 0.340 e. The monoisotopic (exact) mass is 180 g/mol. The minimum Gasteiger partial charge on any atom is -0.465 e. The lowest BCUT2D eigenvalue weighted by Gasteiger charge is -2.07. The van der Waals surface area contributed by atoms with Crippen LogP contribution in [0, 0.1) is 0 Å². The van der Waals surface area contributed by atoms with Crippen LogP contribution >= 0.6 is 0 Å². The molecule has 1 aromatic rings. The molecule has 0 saturated heterocycles. The zero-order valence-corrected chi connectivity index (χ0v) is 7.41. The van der Waals surface area contributed by atoms with Crippen LogP contribution in [0.15, 0.2) is 18.2 Å². The molecular weight excluding hydrogens is 168 g/mol. The molecule has 0 aliphatic rings. The summed E-state index contributed by atoms with van der Waals surface area (Å²) in [6.07, 6.45) is 0. The minimum atomic E-state index is -0.446. The normalized spacial score (nSPS) is 9.69. The fourth-order valence-electron chi connectivity index (χ4n) is 1.14. The number of carbonyl (C=O) groups excluding carboxylic acids is 1. The summed E-state index contributed by atoms with van der Waals surface area (Å²) in [7, 11) is 1.31. The van der Waals surface area contributed by atoms with E-state index in [0.717, 1.165) is 0 Å². The number of esters is 1. The topological polar surface area (TPSA) is 78.3 Å². The minimum absolute atomic E-state index is 0.273. The van der Waals surface area contributed by atoms with Gasteiger partial charge in [0, 0.05) is 12.2 Å². The van der Waals surface area contributed by atoms with Crippen LogP contribution < -0.4 is 11.5 Å². The van der Waals surface area contributed by atoms with Crippen molar-refractivity contribution in [3.05, 3.63) is 29.3 Å². The van der Waals surface area contributed by atoms with Crippen molar-refractivity contribution in [2.45, 2.75) is 6.54 Å². The molecule has 4 heteroatoms. The standard InChI is InChI=1S/C9H12N2O2/c1-13-9(12)8-6(5-10)3-2-4-7(8)11/h2-4H,5,10-11H2,1H3. The molecule has 0 radical (unpaired) electrons. The molecule has 70 valence electrons. The highest BCUT2D eigenvalue weighted by molar-refractivity contribution is 5.96. The fourth-order valence-corrected chi connectivity index (χ4v) is 1.14. The number of hydrogen-bond acceptors (Lipinski definition) is 4. The Balaban J connectivity index is 3.22. The van der Waals surface area contributed by atoms with Crippen molar-refractivity contribution >= 4 is 11.7 Å². The van der Waals surface area contributed by atoms with Crippen molar-refractivity contribution in [2.24, 2.45) is 5.73 Å². The number of carbonyl (C=O) groups is 1. The van der Waals surface area contributed by atoms with Gasteiger partial charge in [0.15, 0.2) is 0 Å². The average molecular weight is 180 g/mol. The third-order valence-electron chi connectivity index (χ3n) is 1.79. The molecule has 0 fully saturated rings. The number of methoxy groups -OCH3 is 1. The summed E-state index contributed by atoms with van der Waals surface area (Å²) in [5.74, 6) is -0.446. The number of ether oxygens (including phenoxy) is 1. The van der Waals surface area contributed by atoms with Crippen LogP contribution in [0.2, 0.25) is 0 Å². The predicted octanol–water partition coefficient (Wildman–Crippen LogP) is 0.514. The molecule has 0 aromatic heterocycles. The van der Waals surface area contributed by atoms with E-state index in [1.54, 1.807) is 18.2 Å². The average Bonchev–Trinajstić information content (AvgIpc) is 2.16. The number of anilines is 1. The molecule has 0 amide bonds. The largest absolute Gasteiger partial charge is 0.465 e. The van der Waals surface area contributed by atoms with E-state index >= 15 is 0 Å². The number of benzene rings is 1. The highest BCUT2D eigenvalue weighted by Crippen LogP contribution is 2.17. The Hall–Kier alpha value is -1.55. The van der Waals surface area contributed by atoms with E-state index < -0.39 is 5.97 Å². The van der Waals surface area contributed by atoms with Gasteiger partial charge >= 0.3 is 5.97 Å². The highest BCUT2D eigenvalue weighted by Gasteiger charge is 2.13. The zero-order chi connectivity index (χ0) is 9.84. The molecule has 0 spiro atoms. The maximum atomic E-state index is 11.3. The zero-order valence-electron chi connectivity index (χ0n) is 7.41. The predicted molar refractivity (Wildman–Crippen MR) is 50.1 cm³/mol. The highest BCUT2D eigenvalue weighted by atomic mass is 16.5. The van der Waals surface area contributed by atoms with Crippen molar-refractivity contribution in [3.8, 4) is 0 Å². The molecule has 1 aromatic carbocycles. The van der Waals surface area contributed by atoms with Gasteiger partial charge in [-0.1, -0.05) is 12.1 Å². The second kappa shape index (κ2) is 3.91. The first-order valence-corrected chi connectivity index (χ1v) is 3.86. The molecule has 0 bridgehead atoms. The second-order valence-electron chi connectivity index (χ2n) is 2.58. The van der Waals surface area contributed by atoms with Crippen molar-refractivity contribution in [1.29, 1.82) is 0 Å². The maximum absolute atomic E-state index is 11.3. The molecule has 0 aliphatic carbocycles. The van der Waals surface area contributed by atoms with Crippen LogP contribution in [0.3, 0.4) is 0 Å². The van der Waals surface area contributed by atoms with Gasteiger partial charge in [0.1, 0.15) is 0 Å². The van der Waals surface area contributed by atoms with Crippen LogP contribution in [0.1, 0.15) is 15.9 Å². The van der Waals surface area contributed by atoms with Gasteiger partial charge in [-0.3, -0.25) is 0 Å². The Labute approximate surface area is 76.5 Å². The molecule has 0 heterocycles. The second-order valence-corrected chi connectivity index (χ2v) is 2.58. The summed E-state index contributed by atoms with van der Waals surface area (Å²) < 4.78 is 4.59. The summed E-state index contributed by atoms with van der Waals surface area (Å²) in [6, 6.07) is 5.15. The molecule has 0 saturated carbocycles. The first kappa shape index (κ1) is 9.54. The fraction of sp³-hybridized carbons (Fsp3) is 0.222. The molecule has 4 N–H and O–H groups in total. The summed E-state index contributed by atoms with van der Waals surface area (Å²) >= 11 is 0. The van der Waals surface area contributed by atoms with Gasteiger partial charge in [-0.25, -0.2) is 4.79 Å². The van der Waals surface area contributed by atoms with Crippen LogP contribution in [0.25, 0.3) is 0 Å². The molecular formula is C9H12N2O2. The van der Waals surface area contributed by atoms with E-state index in [9.17, 15) is 4.79 Å². The SMILES string of the molecule is COC(=O)c1c(N)cccc1CN. The molecule has 1 rings (SSSR count). The van der Waals surface area contributed by atoms with Gasteiger partial charge in [0.2, 0.25) is 0 Å². The van der Waals surface area contributed by atoms with Gasteiger partial charge in [-0.15, -0.1) is 0 Å². The van der Waals surface area contributed by atoms with E-state index in [4.69, 9.17) is 11.5 Å². The molecule has 0 unspecified atom stereocenters. The number of nitrogens with two attached hydrogens (primary N) is 2. The van der Waals surface area contributed by atoms with Gasteiger partial charge in [0.25, 0.3) is 0 Å². The van der Waals surface area contributed by atoms with Crippen molar-refractivity contribution in [3.63, 3.8) is 0 Å². The van der Waals surface area contributed by atoms with Gasteiger partial charge < -0.3 is 16.2 Å². The summed E-state index contributed by atoms with van der Waals surface area (Å²) in [6.45, 7) is 0.273. The van der Waals surface area contributed by atoms with Crippen LogP contribution in [0.5, 0.6) is 0 Å². The number of rotatable bonds is 2. The Kier molecular flexibility index (Phi) is 2.87. The summed E-state index contributed by atoms with van der Waals surface area (Å²) in [5, 5.41) is 0. The Morgan fingerprint density at radius 2 is 2.23 bits per heavy atom.